The SMILES string of the molecule is CCNS(=O)(=O)c1ccc2c(c1)N(C(=O)C1CCC(N)C1)CC2.Cl. The third-order valence-electron chi connectivity index (χ3n) is 4.69. The van der Waals surface area contributed by atoms with Crippen molar-refractivity contribution in [2.24, 2.45) is 11.7 Å². The fourth-order valence-corrected chi connectivity index (χ4v) is 4.55. The number of sulfonamides is 1. The number of anilines is 1. The number of fused-ring (bicyclic) bond motifs is 1. The predicted molar refractivity (Wildman–Crippen MR) is 95.9 cm³/mol. The molecule has 24 heavy (non-hydrogen) atoms. The lowest BCUT2D eigenvalue weighted by Gasteiger charge is -2.21. The molecule has 6 nitrogen and oxygen atoms in total. The summed E-state index contributed by atoms with van der Waals surface area (Å²) in [5.74, 6) is 0.0414. The van der Waals surface area contributed by atoms with E-state index in [2.05, 4.69) is 4.72 Å². The first kappa shape index (κ1) is 19.2. The number of nitrogens with two attached hydrogens (primary N) is 1. The number of benzene rings is 1. The largest absolute Gasteiger partial charge is 0.328 e. The van der Waals surface area contributed by atoms with Crippen LogP contribution in [0, 0.1) is 5.92 Å². The lowest BCUT2D eigenvalue weighted by molar-refractivity contribution is -0.122. The van der Waals surface area contributed by atoms with Gasteiger partial charge >= 0.3 is 0 Å². The first-order valence-corrected chi connectivity index (χ1v) is 9.60. The lowest BCUT2D eigenvalue weighted by Crippen LogP contribution is -2.34. The number of nitrogens with one attached hydrogen (secondary N) is 1. The molecular formula is C16H24ClN3O3S. The highest BCUT2D eigenvalue weighted by atomic mass is 35.5. The molecule has 0 spiro atoms. The lowest BCUT2D eigenvalue weighted by atomic mass is 10.1. The summed E-state index contributed by atoms with van der Waals surface area (Å²) in [5.41, 5.74) is 7.67. The third-order valence-corrected chi connectivity index (χ3v) is 6.23. The number of nitrogens with zero attached hydrogens (tertiary/aromatic N) is 1. The molecule has 1 amide bonds. The molecule has 3 rings (SSSR count). The van der Waals surface area contributed by atoms with Crippen LogP contribution in [0.15, 0.2) is 23.1 Å². The van der Waals surface area contributed by atoms with Gasteiger partial charge in [0.25, 0.3) is 0 Å². The van der Waals surface area contributed by atoms with Gasteiger partial charge in [0.05, 0.1) is 4.90 Å². The zero-order valence-corrected chi connectivity index (χ0v) is 15.3. The van der Waals surface area contributed by atoms with Crippen LogP contribution in [0.25, 0.3) is 0 Å². The van der Waals surface area contributed by atoms with Gasteiger partial charge in [-0.15, -0.1) is 12.4 Å². The molecule has 0 radical (unpaired) electrons. The predicted octanol–water partition coefficient (Wildman–Crippen LogP) is 1.42. The molecule has 2 aliphatic rings. The van der Waals surface area contributed by atoms with Crippen molar-refractivity contribution >= 4 is 34.0 Å². The van der Waals surface area contributed by atoms with Gasteiger partial charge in [-0.2, -0.15) is 0 Å². The van der Waals surface area contributed by atoms with Crippen molar-refractivity contribution in [3.63, 3.8) is 0 Å². The minimum absolute atomic E-state index is 0. The second-order valence-electron chi connectivity index (χ2n) is 6.30. The average molecular weight is 374 g/mol. The topological polar surface area (TPSA) is 92.5 Å². The van der Waals surface area contributed by atoms with E-state index in [1.54, 1.807) is 24.0 Å². The molecule has 1 aliphatic carbocycles. The van der Waals surface area contributed by atoms with Gasteiger partial charge < -0.3 is 10.6 Å². The Morgan fingerprint density at radius 1 is 1.38 bits per heavy atom. The highest BCUT2D eigenvalue weighted by Gasteiger charge is 2.34. The van der Waals surface area contributed by atoms with Crippen LogP contribution in [0.4, 0.5) is 5.69 Å². The van der Waals surface area contributed by atoms with E-state index >= 15 is 0 Å². The van der Waals surface area contributed by atoms with Crippen molar-refractivity contribution < 1.29 is 13.2 Å². The van der Waals surface area contributed by atoms with Gasteiger partial charge in [-0.05, 0) is 43.4 Å². The first-order chi connectivity index (χ1) is 10.9. The Morgan fingerprint density at radius 3 is 2.75 bits per heavy atom. The summed E-state index contributed by atoms with van der Waals surface area (Å²) in [6, 6.07) is 5.14. The quantitative estimate of drug-likeness (QED) is 0.834. The second kappa shape index (κ2) is 7.39. The Labute approximate surface area is 149 Å². The van der Waals surface area contributed by atoms with Crippen LogP contribution in [0.1, 0.15) is 31.7 Å². The van der Waals surface area contributed by atoms with Gasteiger partial charge in [0.15, 0.2) is 0 Å². The van der Waals surface area contributed by atoms with E-state index in [1.165, 1.54) is 0 Å². The number of halogens is 1. The highest BCUT2D eigenvalue weighted by molar-refractivity contribution is 7.89. The molecule has 1 saturated carbocycles. The molecule has 1 fully saturated rings. The van der Waals surface area contributed by atoms with Crippen molar-refractivity contribution in [2.75, 3.05) is 18.0 Å². The Morgan fingerprint density at radius 2 is 2.12 bits per heavy atom. The summed E-state index contributed by atoms with van der Waals surface area (Å²) in [6.45, 7) is 2.69. The summed E-state index contributed by atoms with van der Waals surface area (Å²) in [5, 5.41) is 0. The number of rotatable bonds is 4. The molecule has 1 aliphatic heterocycles. The Bertz CT molecular complexity index is 723. The minimum atomic E-state index is -3.52. The molecule has 2 unspecified atom stereocenters. The minimum Gasteiger partial charge on any atom is -0.328 e. The van der Waals surface area contributed by atoms with Crippen LogP contribution in [0.2, 0.25) is 0 Å². The monoisotopic (exact) mass is 373 g/mol. The van der Waals surface area contributed by atoms with E-state index in [1.807, 2.05) is 6.07 Å². The molecule has 1 heterocycles. The molecular weight excluding hydrogens is 350 g/mol. The molecule has 0 bridgehead atoms. The molecule has 1 aromatic carbocycles. The van der Waals surface area contributed by atoms with Crippen molar-refractivity contribution in [3.05, 3.63) is 23.8 Å². The summed E-state index contributed by atoms with van der Waals surface area (Å²) in [7, 11) is -3.52. The fourth-order valence-electron chi connectivity index (χ4n) is 3.49. The molecule has 8 heteroatoms. The molecule has 0 saturated heterocycles. The molecule has 3 N–H and O–H groups in total. The summed E-state index contributed by atoms with van der Waals surface area (Å²) >= 11 is 0. The van der Waals surface area contributed by atoms with Crippen LogP contribution in [0.3, 0.4) is 0 Å². The number of carbonyl (C=O) groups is 1. The number of hydrogen-bond acceptors (Lipinski definition) is 4. The van der Waals surface area contributed by atoms with Gasteiger partial charge in [0.2, 0.25) is 15.9 Å². The number of amides is 1. The normalized spacial score (nSPS) is 23.0. The van der Waals surface area contributed by atoms with Crippen molar-refractivity contribution in [2.45, 2.75) is 43.5 Å². The van der Waals surface area contributed by atoms with Gasteiger partial charge in [0.1, 0.15) is 0 Å². The van der Waals surface area contributed by atoms with E-state index in [-0.39, 0.29) is 35.2 Å². The van der Waals surface area contributed by atoms with Gasteiger partial charge in [-0.1, -0.05) is 13.0 Å². The Kier molecular flexibility index (Phi) is 5.91. The zero-order chi connectivity index (χ0) is 16.6. The Hall–Kier alpha value is -1.15. The second-order valence-corrected chi connectivity index (χ2v) is 8.07. The summed E-state index contributed by atoms with van der Waals surface area (Å²) in [4.78, 5) is 14.7. The smallest absolute Gasteiger partial charge is 0.240 e. The van der Waals surface area contributed by atoms with E-state index in [0.717, 1.165) is 36.9 Å². The van der Waals surface area contributed by atoms with Crippen LogP contribution in [-0.4, -0.2) is 33.5 Å². The van der Waals surface area contributed by atoms with E-state index in [0.29, 0.717) is 13.1 Å². The summed E-state index contributed by atoms with van der Waals surface area (Å²) < 4.78 is 26.8. The molecule has 2 atom stereocenters. The van der Waals surface area contributed by atoms with Crippen LogP contribution in [-0.2, 0) is 21.2 Å². The van der Waals surface area contributed by atoms with Gasteiger partial charge in [-0.3, -0.25) is 4.79 Å². The zero-order valence-electron chi connectivity index (χ0n) is 13.7. The maximum absolute atomic E-state index is 12.7. The van der Waals surface area contributed by atoms with Crippen molar-refractivity contribution in [1.82, 2.24) is 4.72 Å². The van der Waals surface area contributed by atoms with Gasteiger partial charge in [0, 0.05) is 30.7 Å². The Balaban J connectivity index is 0.00000208. The first-order valence-electron chi connectivity index (χ1n) is 8.12. The highest BCUT2D eigenvalue weighted by Crippen LogP contribution is 2.34. The number of carbonyl (C=O) groups excluding carboxylic acids is 1. The van der Waals surface area contributed by atoms with E-state index < -0.39 is 10.0 Å². The fraction of sp³-hybridized carbons (Fsp3) is 0.562. The maximum Gasteiger partial charge on any atom is 0.240 e. The van der Waals surface area contributed by atoms with Crippen LogP contribution in [0.5, 0.6) is 0 Å². The number of hydrogen-bond donors (Lipinski definition) is 2. The molecule has 1 aromatic rings. The average Bonchev–Trinajstić information content (AvgIpc) is 3.12. The van der Waals surface area contributed by atoms with Crippen molar-refractivity contribution in [1.29, 1.82) is 0 Å². The van der Waals surface area contributed by atoms with Gasteiger partial charge in [-0.25, -0.2) is 13.1 Å². The maximum atomic E-state index is 12.7. The third kappa shape index (κ3) is 3.59. The summed E-state index contributed by atoms with van der Waals surface area (Å²) in [6.07, 6.45) is 3.19. The molecule has 0 aromatic heterocycles. The van der Waals surface area contributed by atoms with Crippen LogP contribution >= 0.6 is 12.4 Å². The van der Waals surface area contributed by atoms with E-state index in [9.17, 15) is 13.2 Å². The molecule has 134 valence electrons. The van der Waals surface area contributed by atoms with E-state index in [4.69, 9.17) is 5.73 Å². The standard InChI is InChI=1S/C16H23N3O3S.ClH/c1-2-18-23(21,22)14-6-4-11-7-8-19(15(11)10-14)16(20)12-3-5-13(17)9-12;/h4,6,10,12-13,18H,2-3,5,7-9,17H2,1H3;1H. The van der Waals surface area contributed by atoms with Crippen LogP contribution < -0.4 is 15.4 Å². The van der Waals surface area contributed by atoms with Crippen molar-refractivity contribution in [3.8, 4) is 0 Å².